The molecule has 4 atom stereocenters. The first-order valence-electron chi connectivity index (χ1n) is 10.1. The maximum absolute atomic E-state index is 12.8. The van der Waals surface area contributed by atoms with Gasteiger partial charge in [0.05, 0.1) is 0 Å². The van der Waals surface area contributed by atoms with Gasteiger partial charge >= 0.3 is 206 Å². The van der Waals surface area contributed by atoms with Gasteiger partial charge < -0.3 is 0 Å². The molecule has 1 fully saturated rings. The van der Waals surface area contributed by atoms with Crippen molar-refractivity contribution in [1.29, 1.82) is 0 Å². The number of fused-ring (bicyclic) bond motifs is 1. The number of benzene rings is 2. The number of alkyl halides is 1. The van der Waals surface area contributed by atoms with E-state index < -0.39 is 60.9 Å². The van der Waals surface area contributed by atoms with Crippen molar-refractivity contribution in [2.45, 2.75) is 22.4 Å². The molecule has 2 aromatic carbocycles. The van der Waals surface area contributed by atoms with Crippen LogP contribution in [0, 0.1) is 0 Å². The van der Waals surface area contributed by atoms with E-state index in [4.69, 9.17) is 20.0 Å². The number of ether oxygens (including phenoxy) is 2. The quantitative estimate of drug-likeness (QED) is 0.173. The molecule has 0 radical (unpaired) electrons. The van der Waals surface area contributed by atoms with Gasteiger partial charge in [-0.3, -0.25) is 0 Å². The Morgan fingerprint density at radius 2 is 1.63 bits per heavy atom. The molecular weight excluding hydrogens is 583 g/mol. The van der Waals surface area contributed by atoms with E-state index in [9.17, 15) is 35.4 Å². The van der Waals surface area contributed by atoms with Gasteiger partial charge in [0, 0.05) is 0 Å². The van der Waals surface area contributed by atoms with Crippen LogP contribution >= 0.6 is 20.6 Å². The SMILES string of the molecule is COc1cc(-c2cc(=O)c3c(O)cc(OI4OC(CO)[C@@H](O)C(O)[C@@H]4O)cc3o2)cc(OC)c1O. The summed E-state index contributed by atoms with van der Waals surface area (Å²) in [5.41, 5.74) is -0.288. The van der Waals surface area contributed by atoms with Crippen LogP contribution in [-0.2, 0) is 3.07 Å². The van der Waals surface area contributed by atoms with Gasteiger partial charge in [-0.2, -0.15) is 0 Å². The normalized spacial score (nSPS) is 23.3. The summed E-state index contributed by atoms with van der Waals surface area (Å²) < 4.78 is 25.7. The van der Waals surface area contributed by atoms with Gasteiger partial charge in [0.2, 0.25) is 0 Å². The summed E-state index contributed by atoms with van der Waals surface area (Å²) in [7, 11) is 2.69. The zero-order valence-electron chi connectivity index (χ0n) is 18.4. The first-order valence-corrected chi connectivity index (χ1v) is 13.1. The van der Waals surface area contributed by atoms with Gasteiger partial charge in [-0.05, 0) is 0 Å². The molecule has 6 N–H and O–H groups in total. The van der Waals surface area contributed by atoms with Crippen molar-refractivity contribution in [3.63, 3.8) is 0 Å². The molecule has 0 bridgehead atoms. The molecule has 12 nitrogen and oxygen atoms in total. The number of aliphatic hydroxyl groups is 4. The average Bonchev–Trinajstić information content (AvgIpc) is 2.84. The van der Waals surface area contributed by atoms with E-state index in [0.717, 1.165) is 12.1 Å². The van der Waals surface area contributed by atoms with E-state index in [1.807, 2.05) is 0 Å². The fraction of sp³-hybridized carbons (Fsp3) is 0.318. The van der Waals surface area contributed by atoms with E-state index in [2.05, 4.69) is 0 Å². The monoisotopic (exact) mass is 606 g/mol. The molecule has 190 valence electrons. The summed E-state index contributed by atoms with van der Waals surface area (Å²) >= 11 is -3.35. The van der Waals surface area contributed by atoms with Crippen LogP contribution in [0.5, 0.6) is 28.7 Å². The predicted molar refractivity (Wildman–Crippen MR) is 129 cm³/mol. The Kier molecular flexibility index (Phi) is 7.25. The minimum absolute atomic E-state index is 0.0271. The number of rotatable bonds is 6. The van der Waals surface area contributed by atoms with E-state index in [1.165, 1.54) is 32.4 Å². The van der Waals surface area contributed by atoms with Crippen molar-refractivity contribution in [3.8, 4) is 40.1 Å². The topological polar surface area (TPSA) is 189 Å². The number of methoxy groups -OCH3 is 2. The number of halogens is 1. The van der Waals surface area contributed by atoms with Gasteiger partial charge in [0.1, 0.15) is 0 Å². The van der Waals surface area contributed by atoms with Gasteiger partial charge in [0.25, 0.3) is 0 Å². The fourth-order valence-electron chi connectivity index (χ4n) is 3.46. The van der Waals surface area contributed by atoms with Gasteiger partial charge in [-0.25, -0.2) is 0 Å². The standard InChI is InChI=1S/C22H23IO12/c1-31-15-3-9(4-16(32-2)19(15)27)13-7-12(26)18-11(25)5-10(6-14(18)33-13)34-23-22(30)21(29)20(28)17(8-24)35-23/h3-7,17,20-22,24-25,27-30H,8H2,1-2H3/t17?,20-,21?,22+/m1/s1. The minimum atomic E-state index is -3.35. The van der Waals surface area contributed by atoms with Crippen molar-refractivity contribution in [1.82, 2.24) is 0 Å². The van der Waals surface area contributed by atoms with Gasteiger partial charge in [-0.15, -0.1) is 0 Å². The zero-order chi connectivity index (χ0) is 25.4. The Labute approximate surface area is 206 Å². The molecule has 1 aliphatic heterocycles. The second kappa shape index (κ2) is 10.0. The molecule has 2 unspecified atom stereocenters. The molecule has 0 saturated carbocycles. The maximum atomic E-state index is 12.8. The molecule has 0 spiro atoms. The molecule has 1 saturated heterocycles. The molecule has 4 rings (SSSR count). The molecule has 35 heavy (non-hydrogen) atoms. The van der Waals surface area contributed by atoms with E-state index in [-0.39, 0.29) is 39.7 Å². The van der Waals surface area contributed by atoms with E-state index in [1.54, 1.807) is 0 Å². The summed E-state index contributed by atoms with van der Waals surface area (Å²) in [6.45, 7) is -0.608. The van der Waals surface area contributed by atoms with Crippen LogP contribution in [0.3, 0.4) is 0 Å². The molecule has 0 amide bonds. The van der Waals surface area contributed by atoms with Gasteiger partial charge in [-0.1, -0.05) is 0 Å². The number of aromatic hydroxyl groups is 2. The van der Waals surface area contributed by atoms with Crippen molar-refractivity contribution in [2.24, 2.45) is 0 Å². The second-order valence-corrected chi connectivity index (χ2v) is 11.1. The third-order valence-electron chi connectivity index (χ3n) is 5.29. The Hall–Kier alpha value is -2.82. The third-order valence-corrected chi connectivity index (χ3v) is 9.17. The molecule has 3 aromatic rings. The number of aliphatic hydroxyl groups excluding tert-OH is 4. The molecule has 0 aliphatic carbocycles. The number of phenols is 2. The molecule has 1 aliphatic rings. The van der Waals surface area contributed by atoms with Crippen LogP contribution in [0.15, 0.2) is 39.5 Å². The summed E-state index contributed by atoms with van der Waals surface area (Å²) in [5, 5.41) is 60.0. The van der Waals surface area contributed by atoms with Crippen molar-refractivity contribution < 1.29 is 50.7 Å². The van der Waals surface area contributed by atoms with Crippen LogP contribution in [0.1, 0.15) is 0 Å². The Morgan fingerprint density at radius 1 is 0.971 bits per heavy atom. The molecule has 13 heteroatoms. The first-order chi connectivity index (χ1) is 16.7. The fourth-order valence-corrected chi connectivity index (χ4v) is 7.01. The third kappa shape index (κ3) is 4.70. The molecule has 1 aromatic heterocycles. The molecular formula is C22H23IO12. The Balaban J connectivity index is 1.75. The van der Waals surface area contributed by atoms with Crippen LogP contribution < -0.4 is 18.0 Å². The van der Waals surface area contributed by atoms with Crippen molar-refractivity contribution in [3.05, 3.63) is 40.6 Å². The van der Waals surface area contributed by atoms with Gasteiger partial charge in [0.15, 0.2) is 0 Å². The summed E-state index contributed by atoms with van der Waals surface area (Å²) in [6.07, 6.45) is -4.25. The van der Waals surface area contributed by atoms with Crippen LogP contribution in [-0.4, -0.2) is 73.9 Å². The first kappa shape index (κ1) is 25.3. The predicted octanol–water partition coefficient (Wildman–Crippen LogP) is 1.03. The Morgan fingerprint density at radius 3 is 2.23 bits per heavy atom. The van der Waals surface area contributed by atoms with E-state index in [0.29, 0.717) is 5.56 Å². The summed E-state index contributed by atoms with van der Waals surface area (Å²) in [4.78, 5) is 12.8. The Bertz CT molecular complexity index is 1260. The summed E-state index contributed by atoms with van der Waals surface area (Å²) in [5.74, 6) is -0.489. The second-order valence-electron chi connectivity index (χ2n) is 7.50. The number of hydrogen-bond donors (Lipinski definition) is 6. The molecule has 2 heterocycles. The zero-order valence-corrected chi connectivity index (χ0v) is 20.6. The van der Waals surface area contributed by atoms with Crippen molar-refractivity contribution in [2.75, 3.05) is 20.8 Å². The van der Waals surface area contributed by atoms with Crippen LogP contribution in [0.25, 0.3) is 22.3 Å². The van der Waals surface area contributed by atoms with Crippen LogP contribution in [0.4, 0.5) is 0 Å². The summed E-state index contributed by atoms with van der Waals surface area (Å²) in [6, 6.07) is 6.45. The number of phenolic OH excluding ortho intramolecular Hbond substituents is 2. The number of hydrogen-bond acceptors (Lipinski definition) is 12. The average molecular weight is 606 g/mol. The van der Waals surface area contributed by atoms with Crippen LogP contribution in [0.2, 0.25) is 0 Å². The van der Waals surface area contributed by atoms with Crippen molar-refractivity contribution >= 4 is 31.6 Å². The van der Waals surface area contributed by atoms with E-state index >= 15 is 0 Å².